The summed E-state index contributed by atoms with van der Waals surface area (Å²) < 4.78 is 0. The second-order valence-electron chi connectivity index (χ2n) is 8.82. The van der Waals surface area contributed by atoms with Crippen molar-refractivity contribution in [2.75, 3.05) is 6.54 Å². The Morgan fingerprint density at radius 3 is 2.14 bits per heavy atom. The first-order valence-corrected chi connectivity index (χ1v) is 17.3. The van der Waals surface area contributed by atoms with Crippen molar-refractivity contribution in [1.82, 2.24) is 0 Å². The van der Waals surface area contributed by atoms with Crippen molar-refractivity contribution in [1.29, 1.82) is 5.26 Å². The summed E-state index contributed by atoms with van der Waals surface area (Å²) in [6.07, 6.45) is 16.5. The third kappa shape index (κ3) is 13.7. The van der Waals surface area contributed by atoms with Gasteiger partial charge in [-0.15, -0.1) is 13.2 Å². The van der Waals surface area contributed by atoms with Gasteiger partial charge in [-0.3, -0.25) is 0 Å². The van der Waals surface area contributed by atoms with Gasteiger partial charge in [0.15, 0.2) is 0 Å². The Kier molecular flexibility index (Phi) is 15.8. The van der Waals surface area contributed by atoms with Crippen molar-refractivity contribution in [2.24, 2.45) is 0 Å². The van der Waals surface area contributed by atoms with E-state index in [1.807, 2.05) is 12.2 Å². The normalized spacial score (nSPS) is 15.3. The Hall–Kier alpha value is -1.37. The molecule has 0 fully saturated rings. The molecule has 0 aromatic carbocycles. The summed E-state index contributed by atoms with van der Waals surface area (Å²) in [5, 5.41) is 8.49. The molecule has 4 heteroatoms. The molecule has 0 saturated heterocycles. The molecule has 1 rings (SSSR count). The van der Waals surface area contributed by atoms with Gasteiger partial charge in [-0.25, -0.2) is 6.57 Å². The van der Waals surface area contributed by atoms with E-state index in [1.54, 1.807) is 0 Å². The summed E-state index contributed by atoms with van der Waals surface area (Å²) in [5.41, 5.74) is 0. The molecule has 0 N–H and O–H groups in total. The minimum atomic E-state index is -1.11. The molecule has 0 unspecified atom stereocenters. The van der Waals surface area contributed by atoms with Crippen LogP contribution in [-0.2, 0) is 0 Å². The van der Waals surface area contributed by atoms with Gasteiger partial charge in [-0.2, -0.15) is 5.26 Å². The molecule has 0 bridgehead atoms. The van der Waals surface area contributed by atoms with Crippen LogP contribution < -0.4 is 0 Å². The number of unbranched alkanes of at least 4 members (excludes halogenated alkanes) is 1. The molecular formula is C24H42N2Si2. The highest BCUT2D eigenvalue weighted by Gasteiger charge is 2.26. The third-order valence-electron chi connectivity index (χ3n) is 6.02. The number of rotatable bonds is 12. The smallest absolute Gasteiger partial charge is 0.214 e. The zero-order valence-electron chi connectivity index (χ0n) is 18.5. The van der Waals surface area contributed by atoms with E-state index in [9.17, 15) is 0 Å². The van der Waals surface area contributed by atoms with Crippen molar-refractivity contribution in [3.05, 3.63) is 48.9 Å². The first-order chi connectivity index (χ1) is 13.4. The van der Waals surface area contributed by atoms with Gasteiger partial charge in [0, 0.05) is 12.8 Å². The van der Waals surface area contributed by atoms with Crippen LogP contribution in [0.2, 0.25) is 49.4 Å². The maximum Gasteiger partial charge on any atom is 0.214 e. The van der Waals surface area contributed by atoms with E-state index in [0.717, 1.165) is 32.1 Å². The van der Waals surface area contributed by atoms with Crippen LogP contribution in [0.3, 0.4) is 0 Å². The molecule has 1 aliphatic heterocycles. The van der Waals surface area contributed by atoms with Gasteiger partial charge in [0.05, 0.1) is 22.2 Å². The zero-order valence-corrected chi connectivity index (χ0v) is 20.5. The van der Waals surface area contributed by atoms with Crippen molar-refractivity contribution < 1.29 is 0 Å². The van der Waals surface area contributed by atoms with Crippen LogP contribution in [0.25, 0.3) is 4.85 Å². The monoisotopic (exact) mass is 414 g/mol. The maximum absolute atomic E-state index is 8.49. The standard InChI is InChI=1S/C13H23NSi.C11H19NSi/c1-5-7-11-15(4,12-8-6-2)13-9-10-14-3;1-13(11-7-4-8-12)9-5-2-3-6-10-13/h5-6H,1-2,7-13H2,4H3;2-3H,4-7,9-11H2,1H3. The maximum atomic E-state index is 8.49. The number of hydrogen-bond acceptors (Lipinski definition) is 1. The van der Waals surface area contributed by atoms with Crippen molar-refractivity contribution >= 4 is 16.1 Å². The van der Waals surface area contributed by atoms with E-state index in [1.165, 1.54) is 49.1 Å². The van der Waals surface area contributed by atoms with Crippen LogP contribution >= 0.6 is 0 Å². The fourth-order valence-electron chi connectivity index (χ4n) is 3.93. The average Bonchev–Trinajstić information content (AvgIpc) is 2.91. The molecule has 0 atom stereocenters. The van der Waals surface area contributed by atoms with Crippen LogP contribution in [0.15, 0.2) is 37.5 Å². The largest absolute Gasteiger partial charge is 0.317 e. The van der Waals surface area contributed by atoms with E-state index >= 15 is 0 Å². The summed E-state index contributed by atoms with van der Waals surface area (Å²) in [6.45, 7) is 20.1. The lowest BCUT2D eigenvalue weighted by Gasteiger charge is -2.25. The Morgan fingerprint density at radius 1 is 1.11 bits per heavy atom. The van der Waals surface area contributed by atoms with Crippen LogP contribution in [0.1, 0.15) is 44.9 Å². The molecule has 0 radical (unpaired) electrons. The predicted molar refractivity (Wildman–Crippen MR) is 131 cm³/mol. The molecule has 0 aromatic rings. The molecule has 28 heavy (non-hydrogen) atoms. The average molecular weight is 415 g/mol. The third-order valence-corrected chi connectivity index (χ3v) is 15.1. The molecule has 0 aliphatic carbocycles. The van der Waals surface area contributed by atoms with Gasteiger partial charge < -0.3 is 4.85 Å². The second kappa shape index (κ2) is 16.6. The Morgan fingerprint density at radius 2 is 1.68 bits per heavy atom. The minimum absolute atomic E-state index is 0.699. The highest BCUT2D eigenvalue weighted by molar-refractivity contribution is 6.79. The van der Waals surface area contributed by atoms with E-state index in [0.29, 0.717) is 6.54 Å². The van der Waals surface area contributed by atoms with Crippen molar-refractivity contribution in [3.63, 3.8) is 0 Å². The van der Waals surface area contributed by atoms with E-state index in [4.69, 9.17) is 11.8 Å². The van der Waals surface area contributed by atoms with Gasteiger partial charge >= 0.3 is 0 Å². The highest BCUT2D eigenvalue weighted by Crippen LogP contribution is 2.29. The molecule has 0 amide bonds. The molecule has 1 heterocycles. The minimum Gasteiger partial charge on any atom is -0.317 e. The summed E-state index contributed by atoms with van der Waals surface area (Å²) in [6, 6.07) is 10.4. The predicted octanol–water partition coefficient (Wildman–Crippen LogP) is 8.25. The molecule has 0 spiro atoms. The highest BCUT2D eigenvalue weighted by atomic mass is 28.3. The van der Waals surface area contributed by atoms with Gasteiger partial charge in [-0.1, -0.05) is 73.7 Å². The zero-order chi connectivity index (χ0) is 21.1. The van der Waals surface area contributed by atoms with E-state index in [2.05, 4.69) is 49.3 Å². The Bertz CT molecular complexity index is 518. The van der Waals surface area contributed by atoms with Gasteiger partial charge in [-0.05, 0) is 32.1 Å². The van der Waals surface area contributed by atoms with Gasteiger partial charge in [0.1, 0.15) is 0 Å². The van der Waals surface area contributed by atoms with Gasteiger partial charge in [0.2, 0.25) is 6.54 Å². The lowest BCUT2D eigenvalue weighted by molar-refractivity contribution is 0.918. The molecule has 0 saturated carbocycles. The molecule has 0 aromatic heterocycles. The lowest BCUT2D eigenvalue weighted by atomic mass is 10.4. The number of allylic oxidation sites excluding steroid dienone is 4. The van der Waals surface area contributed by atoms with Crippen LogP contribution in [-0.4, -0.2) is 22.7 Å². The summed E-state index contributed by atoms with van der Waals surface area (Å²) in [7, 11) is -2.05. The topological polar surface area (TPSA) is 28.1 Å². The van der Waals surface area contributed by atoms with Gasteiger partial charge in [0.25, 0.3) is 0 Å². The van der Waals surface area contributed by atoms with Crippen molar-refractivity contribution in [2.45, 2.75) is 94.3 Å². The Labute approximate surface area is 177 Å². The van der Waals surface area contributed by atoms with Crippen molar-refractivity contribution in [3.8, 4) is 6.07 Å². The summed E-state index contributed by atoms with van der Waals surface area (Å²) >= 11 is 0. The fourth-order valence-corrected chi connectivity index (χ4v) is 11.0. The molecular weight excluding hydrogens is 372 g/mol. The quantitative estimate of drug-likeness (QED) is 0.137. The van der Waals surface area contributed by atoms with Crippen LogP contribution in [0.5, 0.6) is 0 Å². The molecule has 156 valence electrons. The van der Waals surface area contributed by atoms with E-state index < -0.39 is 16.1 Å². The summed E-state index contributed by atoms with van der Waals surface area (Å²) in [4.78, 5) is 3.43. The Balaban J connectivity index is 0.000000525. The number of nitriles is 1. The second-order valence-corrected chi connectivity index (χ2v) is 19.1. The first-order valence-electron chi connectivity index (χ1n) is 11.0. The lowest BCUT2D eigenvalue weighted by Crippen LogP contribution is -2.29. The number of nitrogens with zero attached hydrogens (tertiary/aromatic N) is 2. The van der Waals surface area contributed by atoms with Crippen LogP contribution in [0.4, 0.5) is 0 Å². The fraction of sp³-hybridized carbons (Fsp3) is 0.667. The first kappa shape index (κ1) is 26.6. The van der Waals surface area contributed by atoms with E-state index in [-0.39, 0.29) is 0 Å². The van der Waals surface area contributed by atoms with Crippen LogP contribution in [0, 0.1) is 17.9 Å². The summed E-state index contributed by atoms with van der Waals surface area (Å²) in [5.74, 6) is 0. The molecule has 2 nitrogen and oxygen atoms in total. The SMILES string of the molecule is C[Si]1(CCCC#N)CCC=CCC1.[C-]#[N+]CCC[Si](C)(CCC=C)CCC=C. The molecule has 1 aliphatic rings. The number of hydrogen-bond donors (Lipinski definition) is 0.